The zero-order valence-corrected chi connectivity index (χ0v) is 38.6. The number of carbonyl (C=O) groups is 5. The summed E-state index contributed by atoms with van der Waals surface area (Å²) < 4.78 is 52.8. The highest BCUT2D eigenvalue weighted by molar-refractivity contribution is 7.52. The molecule has 1 unspecified atom stereocenters. The highest BCUT2D eigenvalue weighted by Gasteiger charge is 2.58. The van der Waals surface area contributed by atoms with Gasteiger partial charge < -0.3 is 34.4 Å². The van der Waals surface area contributed by atoms with Crippen LogP contribution in [0.15, 0.2) is 66.9 Å². The number of halogens is 2. The molecular weight excluding hydrogens is 908 g/mol. The Bertz CT molecular complexity index is 2600. The lowest BCUT2D eigenvalue weighted by Crippen LogP contribution is -2.57. The minimum Gasteiger partial charge on any atom is -0.494 e. The van der Waals surface area contributed by atoms with Crippen molar-refractivity contribution in [3.63, 3.8) is 0 Å². The van der Waals surface area contributed by atoms with Crippen molar-refractivity contribution < 1.29 is 56.6 Å². The molecule has 5 aliphatic rings. The fourth-order valence-corrected chi connectivity index (χ4v) is 11.8. The van der Waals surface area contributed by atoms with Crippen molar-refractivity contribution in [2.45, 2.75) is 131 Å². The molecule has 5 amide bonds. The van der Waals surface area contributed by atoms with E-state index in [1.807, 2.05) is 41.3 Å². The fourth-order valence-electron chi connectivity index (χ4n) is 10.4. The number of hydrogen-bond donors (Lipinski definition) is 4. The van der Waals surface area contributed by atoms with Crippen molar-refractivity contribution in [2.24, 2.45) is 0 Å². The number of rotatable bonds is 15. The average molecular weight is 962 g/mol. The van der Waals surface area contributed by atoms with Crippen molar-refractivity contribution in [1.82, 2.24) is 25.4 Å². The van der Waals surface area contributed by atoms with Crippen LogP contribution in [0.25, 0.3) is 10.1 Å². The number of likely N-dealkylation sites (tertiary alicyclic amines) is 1. The molecule has 4 N–H and O–H groups in total. The van der Waals surface area contributed by atoms with Gasteiger partial charge in [0.05, 0.1) is 24.0 Å². The first kappa shape index (κ1) is 46.8. The number of nitrogens with zero attached hydrogens (tertiary/aromatic N) is 3. The largest absolute Gasteiger partial charge is 0.494 e. The summed E-state index contributed by atoms with van der Waals surface area (Å²) in [6.07, 6.45) is 11.5. The summed E-state index contributed by atoms with van der Waals surface area (Å²) >= 11 is 1.02. The second-order valence-electron chi connectivity index (χ2n) is 18.6. The molecule has 4 saturated heterocycles. The van der Waals surface area contributed by atoms with Gasteiger partial charge in [-0.2, -0.15) is 8.78 Å². The van der Waals surface area contributed by atoms with Gasteiger partial charge >= 0.3 is 13.3 Å². The Labute approximate surface area is 390 Å². The van der Waals surface area contributed by atoms with E-state index >= 15 is 0 Å². The predicted octanol–water partition coefficient (Wildman–Crippen LogP) is 7.25. The van der Waals surface area contributed by atoms with Crippen LogP contribution in [0.1, 0.15) is 128 Å². The molecule has 4 aliphatic heterocycles. The topological polar surface area (TPSA) is 205 Å². The quantitative estimate of drug-likeness (QED) is 0.0531. The van der Waals surface area contributed by atoms with Crippen LogP contribution in [0.4, 0.5) is 8.78 Å². The smallest absolute Gasteiger partial charge is 0.399 e. The number of piperidine rings is 1. The second kappa shape index (κ2) is 19.0. The van der Waals surface area contributed by atoms with E-state index in [0.29, 0.717) is 68.9 Å². The van der Waals surface area contributed by atoms with E-state index in [-0.39, 0.29) is 57.3 Å². The lowest BCUT2D eigenvalue weighted by Gasteiger charge is -2.37. The molecule has 0 radical (unpaired) electrons. The molecule has 1 spiro atoms. The van der Waals surface area contributed by atoms with Crippen LogP contribution in [0.3, 0.4) is 0 Å². The molecule has 4 aromatic rings. The van der Waals surface area contributed by atoms with E-state index in [0.717, 1.165) is 91.7 Å². The van der Waals surface area contributed by atoms with Crippen molar-refractivity contribution in [3.8, 4) is 11.6 Å². The number of imide groups is 1. The van der Waals surface area contributed by atoms with Crippen molar-refractivity contribution in [1.29, 1.82) is 0 Å². The number of ether oxygens (including phenoxy) is 2. The Morgan fingerprint density at radius 1 is 0.910 bits per heavy atom. The van der Waals surface area contributed by atoms with E-state index in [1.165, 1.54) is 12.1 Å². The number of unbranched alkanes of at least 4 members (excludes halogenated alkanes) is 2. The summed E-state index contributed by atoms with van der Waals surface area (Å²) in [5.74, 6) is -0.444. The highest BCUT2D eigenvalue weighted by Crippen LogP contribution is 2.59. The SMILES string of the molecule is O=C1CCC(c2ccc(OCCCCCOc3cc([C@@H]4CN(C(=O)[C@@H]5CC[C@@H]6CCCC[C@H](NC(=O)c7cc8cc(C(F)(F)P(=O)(O)O)ccc8s7)C(=O)N65)C5(CC5)C4)ccn3)cc2)C(=O)N1. The average Bonchev–Trinajstić information content (AvgIpc) is 3.58. The first-order chi connectivity index (χ1) is 32.1. The van der Waals surface area contributed by atoms with E-state index in [9.17, 15) is 47.1 Å². The van der Waals surface area contributed by atoms with Gasteiger partial charge in [0.25, 0.3) is 5.91 Å². The van der Waals surface area contributed by atoms with Gasteiger partial charge in [0.15, 0.2) is 0 Å². The summed E-state index contributed by atoms with van der Waals surface area (Å²) in [6.45, 7) is 1.53. The number of hydrogen-bond acceptors (Lipinski definition) is 10. The van der Waals surface area contributed by atoms with Crippen LogP contribution in [-0.4, -0.2) is 97.5 Å². The maximum atomic E-state index is 14.7. The third-order valence-electron chi connectivity index (χ3n) is 14.1. The molecule has 9 rings (SSSR count). The molecule has 1 aliphatic carbocycles. The van der Waals surface area contributed by atoms with Gasteiger partial charge in [-0.15, -0.1) is 11.3 Å². The van der Waals surface area contributed by atoms with Crippen LogP contribution >= 0.6 is 18.9 Å². The van der Waals surface area contributed by atoms with Gasteiger partial charge in [0.1, 0.15) is 17.8 Å². The molecule has 15 nitrogen and oxygen atoms in total. The molecule has 6 heterocycles. The first-order valence-corrected chi connectivity index (χ1v) is 25.6. The number of aromatic nitrogens is 1. The molecule has 1 saturated carbocycles. The lowest BCUT2D eigenvalue weighted by atomic mass is 9.90. The normalized spacial score (nSPS) is 24.0. The van der Waals surface area contributed by atoms with E-state index in [4.69, 9.17) is 9.47 Å². The minimum atomic E-state index is -5.79. The van der Waals surface area contributed by atoms with Gasteiger partial charge in [0.2, 0.25) is 29.5 Å². The Balaban J connectivity index is 0.771. The van der Waals surface area contributed by atoms with Crippen molar-refractivity contribution >= 4 is 58.6 Å². The Morgan fingerprint density at radius 3 is 2.42 bits per heavy atom. The number of amides is 5. The molecule has 2 aromatic heterocycles. The summed E-state index contributed by atoms with van der Waals surface area (Å²) in [4.78, 5) is 93.1. The third kappa shape index (κ3) is 9.86. The van der Waals surface area contributed by atoms with Gasteiger partial charge in [-0.3, -0.25) is 33.9 Å². The van der Waals surface area contributed by atoms with Crippen LogP contribution in [-0.2, 0) is 29.4 Å². The van der Waals surface area contributed by atoms with Crippen molar-refractivity contribution in [3.05, 3.63) is 88.4 Å². The van der Waals surface area contributed by atoms with E-state index in [2.05, 4.69) is 15.6 Å². The molecule has 5 fully saturated rings. The number of alkyl halides is 2. The first-order valence-electron chi connectivity index (χ1n) is 23.2. The Hall–Kier alpha value is -5.29. The summed E-state index contributed by atoms with van der Waals surface area (Å²) in [7, 11) is -5.79. The third-order valence-corrected chi connectivity index (χ3v) is 16.2. The predicted molar refractivity (Wildman–Crippen MR) is 243 cm³/mol. The van der Waals surface area contributed by atoms with E-state index < -0.39 is 36.8 Å². The zero-order chi connectivity index (χ0) is 47.1. The molecular formula is C48H54F2N5O10PS. The van der Waals surface area contributed by atoms with Gasteiger partial charge in [-0.25, -0.2) is 4.98 Å². The molecule has 356 valence electrons. The monoisotopic (exact) mass is 961 g/mol. The molecule has 5 atom stereocenters. The summed E-state index contributed by atoms with van der Waals surface area (Å²) in [6, 6.07) is 14.3. The number of nitrogens with one attached hydrogen (secondary N) is 2. The minimum absolute atomic E-state index is 0.0623. The van der Waals surface area contributed by atoms with Crippen LogP contribution < -0.4 is 20.1 Å². The molecule has 19 heteroatoms. The van der Waals surface area contributed by atoms with Crippen molar-refractivity contribution in [2.75, 3.05) is 19.8 Å². The maximum Gasteiger partial charge on any atom is 0.399 e. The Morgan fingerprint density at radius 2 is 1.67 bits per heavy atom. The number of pyridine rings is 1. The standard InChI is InChI=1S/C48H54F2N5O10PS/c49-48(50,66(61,62)63)33-10-16-39-31(24-33)25-40(67-39)44(58)52-37-7-3-2-6-34-11-15-38(55(34)45(37)59)46(60)54-28-32(27-47(54)19-20-47)30-18-21-51-42(26-30)65-23-5-1-4-22-64-35-12-8-29(9-13-35)36-14-17-41(56)53-43(36)57/h8-10,12-13,16,18,21,24-26,32,34,36-38H,1-7,11,14-15,17,19-20,22-23,27-28H2,(H,52,58)(H,53,56,57)(H2,61,62,63)/t32-,34-,36?,37-,38-/m0/s1. The maximum absolute atomic E-state index is 14.7. The lowest BCUT2D eigenvalue weighted by molar-refractivity contribution is -0.148. The summed E-state index contributed by atoms with van der Waals surface area (Å²) in [5.41, 5.74) is -3.62. The molecule has 2 aromatic carbocycles. The molecule has 0 bridgehead atoms. The van der Waals surface area contributed by atoms with Crippen LogP contribution in [0.2, 0.25) is 0 Å². The number of thiophene rings is 1. The number of benzene rings is 2. The zero-order valence-electron chi connectivity index (χ0n) is 36.9. The van der Waals surface area contributed by atoms with Gasteiger partial charge in [-0.05, 0) is 124 Å². The van der Waals surface area contributed by atoms with Gasteiger partial charge in [-0.1, -0.05) is 31.0 Å². The summed E-state index contributed by atoms with van der Waals surface area (Å²) in [5, 5.41) is 5.49. The van der Waals surface area contributed by atoms with E-state index in [1.54, 1.807) is 11.1 Å². The second-order valence-corrected chi connectivity index (χ2v) is 21.3. The number of carbonyl (C=O) groups excluding carboxylic acids is 5. The fraction of sp³-hybridized carbons (Fsp3) is 0.500. The van der Waals surface area contributed by atoms with Gasteiger partial charge in [0, 0.05) is 53.0 Å². The Kier molecular flexibility index (Phi) is 13.3. The van der Waals surface area contributed by atoms with Crippen LogP contribution in [0.5, 0.6) is 11.6 Å². The highest BCUT2D eigenvalue weighted by atomic mass is 32.1. The van der Waals surface area contributed by atoms with Crippen LogP contribution in [0, 0.1) is 0 Å². The number of fused-ring (bicyclic) bond motifs is 2. The molecule has 67 heavy (non-hydrogen) atoms.